The van der Waals surface area contributed by atoms with Crippen molar-refractivity contribution in [1.82, 2.24) is 0 Å². The molecule has 0 aliphatic carbocycles. The van der Waals surface area contributed by atoms with Gasteiger partial charge in [0.15, 0.2) is 0 Å². The van der Waals surface area contributed by atoms with Crippen LogP contribution in [0.15, 0.2) is 39.5 Å². The van der Waals surface area contributed by atoms with Gasteiger partial charge in [-0.2, -0.15) is 11.3 Å². The molecule has 0 fully saturated rings. The highest BCUT2D eigenvalue weighted by Gasteiger charge is 2.30. The summed E-state index contributed by atoms with van der Waals surface area (Å²) in [5.74, 6) is 0.0430. The molecule has 2 aromatic rings. The van der Waals surface area contributed by atoms with E-state index in [0.29, 0.717) is 0 Å². The van der Waals surface area contributed by atoms with Gasteiger partial charge in [-0.3, -0.25) is 4.79 Å². The van der Waals surface area contributed by atoms with E-state index < -0.39 is 0 Å². The maximum atomic E-state index is 11.9. The van der Waals surface area contributed by atoms with Gasteiger partial charge in [-0.25, -0.2) is 0 Å². The van der Waals surface area contributed by atoms with Gasteiger partial charge in [0.05, 0.1) is 5.92 Å². The van der Waals surface area contributed by atoms with Crippen molar-refractivity contribution in [2.45, 2.75) is 12.3 Å². The Hall–Kier alpha value is -1.13. The molecule has 17 heavy (non-hydrogen) atoms. The molecule has 1 N–H and O–H groups in total. The Morgan fingerprint density at radius 2 is 2.24 bits per heavy atom. The highest BCUT2D eigenvalue weighted by atomic mass is 79.9. The van der Waals surface area contributed by atoms with Crippen molar-refractivity contribution in [3.8, 4) is 0 Å². The molecule has 1 aliphatic rings. The third kappa shape index (κ3) is 2.03. The third-order valence-corrected chi connectivity index (χ3v) is 4.21. The number of halogens is 1. The molecule has 1 atom stereocenters. The normalized spacial score (nSPS) is 17.9. The second kappa shape index (κ2) is 4.27. The van der Waals surface area contributed by atoms with Gasteiger partial charge in [-0.15, -0.1) is 0 Å². The van der Waals surface area contributed by atoms with Crippen molar-refractivity contribution in [1.29, 1.82) is 0 Å². The predicted molar refractivity (Wildman–Crippen MR) is 73.5 cm³/mol. The number of nitrogens with one attached hydrogen (secondary N) is 1. The Labute approximate surface area is 112 Å². The summed E-state index contributed by atoms with van der Waals surface area (Å²) >= 11 is 5.12. The molecule has 4 heteroatoms. The molecule has 0 spiro atoms. The zero-order valence-electron chi connectivity index (χ0n) is 8.94. The zero-order chi connectivity index (χ0) is 11.8. The minimum Gasteiger partial charge on any atom is -0.325 e. The van der Waals surface area contributed by atoms with Crippen molar-refractivity contribution in [3.05, 3.63) is 50.6 Å². The minimum atomic E-state index is -0.0582. The Kier molecular flexibility index (Phi) is 2.76. The number of fused-ring (bicyclic) bond motifs is 1. The van der Waals surface area contributed by atoms with Gasteiger partial charge in [0.25, 0.3) is 0 Å². The predicted octanol–water partition coefficient (Wildman–Crippen LogP) is 3.79. The van der Waals surface area contributed by atoms with E-state index in [1.165, 1.54) is 5.56 Å². The molecule has 2 nitrogen and oxygen atoms in total. The van der Waals surface area contributed by atoms with E-state index in [2.05, 4.69) is 32.7 Å². The van der Waals surface area contributed by atoms with Crippen LogP contribution in [0.3, 0.4) is 0 Å². The topological polar surface area (TPSA) is 29.1 Å². The van der Waals surface area contributed by atoms with E-state index in [1.54, 1.807) is 11.3 Å². The number of benzene rings is 1. The first kappa shape index (κ1) is 11.0. The first-order chi connectivity index (χ1) is 8.24. The summed E-state index contributed by atoms with van der Waals surface area (Å²) in [5.41, 5.74) is 3.26. The molecule has 1 aromatic carbocycles. The molecule has 1 aliphatic heterocycles. The number of carbonyl (C=O) groups is 1. The quantitative estimate of drug-likeness (QED) is 0.898. The highest BCUT2D eigenvalue weighted by Crippen LogP contribution is 2.36. The van der Waals surface area contributed by atoms with Crippen LogP contribution in [-0.4, -0.2) is 5.91 Å². The Bertz CT molecular complexity index is 565. The van der Waals surface area contributed by atoms with Crippen molar-refractivity contribution in [2.75, 3.05) is 5.32 Å². The fourth-order valence-electron chi connectivity index (χ4n) is 2.14. The summed E-state index contributed by atoms with van der Waals surface area (Å²) in [7, 11) is 0. The van der Waals surface area contributed by atoms with Gasteiger partial charge < -0.3 is 5.32 Å². The van der Waals surface area contributed by atoms with Gasteiger partial charge in [-0.1, -0.05) is 15.9 Å². The van der Waals surface area contributed by atoms with Crippen molar-refractivity contribution in [2.24, 2.45) is 0 Å². The lowest BCUT2D eigenvalue weighted by Gasteiger charge is -2.07. The van der Waals surface area contributed by atoms with Crippen molar-refractivity contribution in [3.63, 3.8) is 0 Å². The van der Waals surface area contributed by atoms with Gasteiger partial charge in [0.1, 0.15) is 0 Å². The second-order valence-corrected chi connectivity index (χ2v) is 5.80. The molecule has 1 amide bonds. The van der Waals surface area contributed by atoms with Crippen LogP contribution in [0.2, 0.25) is 0 Å². The highest BCUT2D eigenvalue weighted by molar-refractivity contribution is 9.10. The van der Waals surface area contributed by atoms with Crippen molar-refractivity contribution >= 4 is 38.9 Å². The van der Waals surface area contributed by atoms with Crippen LogP contribution in [0.25, 0.3) is 0 Å². The molecule has 0 radical (unpaired) electrons. The zero-order valence-corrected chi connectivity index (χ0v) is 11.3. The van der Waals surface area contributed by atoms with E-state index in [1.807, 2.05) is 23.6 Å². The Balaban J connectivity index is 1.96. The van der Waals surface area contributed by atoms with Gasteiger partial charge in [-0.05, 0) is 52.6 Å². The number of thiophene rings is 1. The number of rotatable bonds is 2. The molecule has 1 aromatic heterocycles. The van der Waals surface area contributed by atoms with Crippen LogP contribution in [0.5, 0.6) is 0 Å². The lowest BCUT2D eigenvalue weighted by atomic mass is 9.94. The molecule has 3 rings (SSSR count). The van der Waals surface area contributed by atoms with E-state index >= 15 is 0 Å². The lowest BCUT2D eigenvalue weighted by Crippen LogP contribution is -2.13. The summed E-state index contributed by atoms with van der Waals surface area (Å²) in [6.07, 6.45) is 0.777. The number of amides is 1. The number of hydrogen-bond acceptors (Lipinski definition) is 2. The summed E-state index contributed by atoms with van der Waals surface area (Å²) in [5, 5.41) is 7.08. The smallest absolute Gasteiger partial charge is 0.232 e. The second-order valence-electron chi connectivity index (χ2n) is 4.11. The summed E-state index contributed by atoms with van der Waals surface area (Å²) in [6, 6.07) is 8.01. The summed E-state index contributed by atoms with van der Waals surface area (Å²) in [4.78, 5) is 11.9. The van der Waals surface area contributed by atoms with Gasteiger partial charge in [0, 0.05) is 10.2 Å². The first-order valence-corrected chi connectivity index (χ1v) is 7.09. The molecule has 0 bridgehead atoms. The summed E-state index contributed by atoms with van der Waals surface area (Å²) in [6.45, 7) is 0. The molecular formula is C13H10BrNOS. The van der Waals surface area contributed by atoms with Crippen LogP contribution in [0, 0.1) is 0 Å². The van der Waals surface area contributed by atoms with E-state index in [4.69, 9.17) is 0 Å². The van der Waals surface area contributed by atoms with Crippen LogP contribution in [-0.2, 0) is 11.2 Å². The van der Waals surface area contributed by atoms with Crippen LogP contribution in [0.4, 0.5) is 5.69 Å². The number of carbonyl (C=O) groups excluding carboxylic acids is 1. The van der Waals surface area contributed by atoms with E-state index in [0.717, 1.165) is 22.1 Å². The molecule has 0 unspecified atom stereocenters. The van der Waals surface area contributed by atoms with Gasteiger partial charge >= 0.3 is 0 Å². The third-order valence-electron chi connectivity index (χ3n) is 2.98. The van der Waals surface area contributed by atoms with Crippen LogP contribution in [0.1, 0.15) is 17.0 Å². The fourth-order valence-corrected chi connectivity index (χ4v) is 3.20. The standard InChI is InChI=1S/C13H10BrNOS/c14-9-1-2-12-10(6-9)11(13(16)15-12)5-8-3-4-17-7-8/h1-4,6-7,11H,5H2,(H,15,16)/t11-/m1/s1. The molecular weight excluding hydrogens is 298 g/mol. The summed E-state index contributed by atoms with van der Waals surface area (Å²) < 4.78 is 1.02. The van der Waals surface area contributed by atoms with Crippen LogP contribution < -0.4 is 5.32 Å². The maximum absolute atomic E-state index is 11.9. The minimum absolute atomic E-state index is 0.0582. The Morgan fingerprint density at radius 1 is 1.35 bits per heavy atom. The number of hydrogen-bond donors (Lipinski definition) is 1. The molecule has 2 heterocycles. The average Bonchev–Trinajstić information content (AvgIpc) is 2.90. The van der Waals surface area contributed by atoms with Crippen molar-refractivity contribution < 1.29 is 4.79 Å². The lowest BCUT2D eigenvalue weighted by molar-refractivity contribution is -0.117. The Morgan fingerprint density at radius 3 is 3.00 bits per heavy atom. The van der Waals surface area contributed by atoms with E-state index in [-0.39, 0.29) is 11.8 Å². The number of anilines is 1. The van der Waals surface area contributed by atoms with Gasteiger partial charge in [0.2, 0.25) is 5.91 Å². The SMILES string of the molecule is O=C1Nc2ccc(Br)cc2[C@H]1Cc1ccsc1. The van der Waals surface area contributed by atoms with E-state index in [9.17, 15) is 4.79 Å². The molecule has 0 saturated heterocycles. The fraction of sp³-hybridized carbons (Fsp3) is 0.154. The average molecular weight is 308 g/mol. The maximum Gasteiger partial charge on any atom is 0.232 e. The van der Waals surface area contributed by atoms with Crippen LogP contribution >= 0.6 is 27.3 Å². The molecule has 86 valence electrons. The molecule has 0 saturated carbocycles. The largest absolute Gasteiger partial charge is 0.325 e. The monoisotopic (exact) mass is 307 g/mol. The first-order valence-electron chi connectivity index (χ1n) is 5.35.